The van der Waals surface area contributed by atoms with Crippen molar-refractivity contribution in [1.29, 1.82) is 0 Å². The minimum Gasteiger partial charge on any atom is -0.460 e. The largest absolute Gasteiger partial charge is 0.460 e. The molecule has 0 saturated carbocycles. The third-order valence-electron chi connectivity index (χ3n) is 3.13. The van der Waals surface area contributed by atoms with E-state index in [4.69, 9.17) is 10.5 Å². The Morgan fingerprint density at radius 3 is 2.71 bits per heavy atom. The zero-order chi connectivity index (χ0) is 14.9. The van der Waals surface area contributed by atoms with Gasteiger partial charge in [-0.3, -0.25) is 10.5 Å². The van der Waals surface area contributed by atoms with E-state index in [1.807, 2.05) is 48.6 Å². The Morgan fingerprint density at radius 2 is 1.95 bits per heavy atom. The van der Waals surface area contributed by atoms with Crippen LogP contribution >= 0.6 is 0 Å². The van der Waals surface area contributed by atoms with E-state index >= 15 is 0 Å². The SMILES string of the molecule is CC1(N)Oc2ccc(C=Cc3ccccc3)nc2NC1=O. The molecule has 0 bridgehead atoms. The van der Waals surface area contributed by atoms with E-state index in [2.05, 4.69) is 10.3 Å². The van der Waals surface area contributed by atoms with E-state index in [0.717, 1.165) is 11.3 Å². The highest BCUT2D eigenvalue weighted by atomic mass is 16.5. The Morgan fingerprint density at radius 1 is 1.19 bits per heavy atom. The molecule has 3 rings (SSSR count). The first-order valence-electron chi connectivity index (χ1n) is 6.58. The summed E-state index contributed by atoms with van der Waals surface area (Å²) in [7, 11) is 0. The molecule has 5 nitrogen and oxygen atoms in total. The third-order valence-corrected chi connectivity index (χ3v) is 3.13. The molecule has 5 heteroatoms. The molecule has 0 fully saturated rings. The van der Waals surface area contributed by atoms with E-state index in [0.29, 0.717) is 11.6 Å². The molecule has 0 spiro atoms. The fourth-order valence-corrected chi connectivity index (χ4v) is 1.98. The van der Waals surface area contributed by atoms with Crippen LogP contribution in [0, 0.1) is 0 Å². The summed E-state index contributed by atoms with van der Waals surface area (Å²) in [6.45, 7) is 1.51. The molecule has 106 valence electrons. The maximum absolute atomic E-state index is 11.8. The van der Waals surface area contributed by atoms with Gasteiger partial charge in [0.15, 0.2) is 11.6 Å². The van der Waals surface area contributed by atoms with Gasteiger partial charge < -0.3 is 10.1 Å². The number of benzene rings is 1. The van der Waals surface area contributed by atoms with Crippen LogP contribution < -0.4 is 15.8 Å². The van der Waals surface area contributed by atoms with Crippen molar-refractivity contribution < 1.29 is 9.53 Å². The smallest absolute Gasteiger partial charge is 0.284 e. The zero-order valence-corrected chi connectivity index (χ0v) is 11.5. The second-order valence-electron chi connectivity index (χ2n) is 4.99. The van der Waals surface area contributed by atoms with Crippen molar-refractivity contribution in [3.63, 3.8) is 0 Å². The highest BCUT2D eigenvalue weighted by molar-refractivity contribution is 5.99. The Labute approximate surface area is 122 Å². The number of carbonyl (C=O) groups is 1. The van der Waals surface area contributed by atoms with Gasteiger partial charge in [-0.1, -0.05) is 36.4 Å². The molecular weight excluding hydrogens is 266 g/mol. The van der Waals surface area contributed by atoms with Crippen LogP contribution in [0.1, 0.15) is 18.2 Å². The summed E-state index contributed by atoms with van der Waals surface area (Å²) in [6.07, 6.45) is 3.82. The van der Waals surface area contributed by atoms with Crippen LogP contribution in [0.4, 0.5) is 5.82 Å². The average Bonchev–Trinajstić information content (AvgIpc) is 2.47. The predicted molar refractivity (Wildman–Crippen MR) is 81.5 cm³/mol. The minimum atomic E-state index is -1.37. The molecule has 2 heterocycles. The zero-order valence-electron chi connectivity index (χ0n) is 11.5. The molecule has 1 aliphatic heterocycles. The van der Waals surface area contributed by atoms with Gasteiger partial charge >= 0.3 is 0 Å². The second-order valence-corrected chi connectivity index (χ2v) is 4.99. The molecule has 1 aromatic carbocycles. The number of amides is 1. The molecule has 0 radical (unpaired) electrons. The van der Waals surface area contributed by atoms with Gasteiger partial charge in [-0.05, 0) is 30.7 Å². The third kappa shape index (κ3) is 2.78. The van der Waals surface area contributed by atoms with Gasteiger partial charge in [0.05, 0.1) is 5.69 Å². The summed E-state index contributed by atoms with van der Waals surface area (Å²) in [5.41, 5.74) is 6.17. The summed E-state index contributed by atoms with van der Waals surface area (Å²) in [6, 6.07) is 13.5. The Hall–Kier alpha value is -2.66. The van der Waals surface area contributed by atoms with E-state index in [9.17, 15) is 4.79 Å². The lowest BCUT2D eigenvalue weighted by atomic mass is 10.2. The van der Waals surface area contributed by atoms with Gasteiger partial charge in [0.1, 0.15) is 0 Å². The maximum atomic E-state index is 11.8. The number of nitrogens with one attached hydrogen (secondary N) is 1. The Kier molecular flexibility index (Phi) is 3.19. The molecule has 1 aromatic heterocycles. The highest BCUT2D eigenvalue weighted by Gasteiger charge is 2.36. The lowest BCUT2D eigenvalue weighted by Gasteiger charge is -2.30. The standard InChI is InChI=1S/C16H15N3O2/c1-16(17)15(20)19-14-13(21-16)10-9-12(18-14)8-7-11-5-3-2-4-6-11/h2-10H,17H2,1H3,(H,18,19,20). The number of carbonyl (C=O) groups excluding carboxylic acids is 1. The van der Waals surface area contributed by atoms with E-state index in [1.165, 1.54) is 6.92 Å². The summed E-state index contributed by atoms with van der Waals surface area (Å²) in [5.74, 6) is 0.446. The minimum absolute atomic E-state index is 0.387. The van der Waals surface area contributed by atoms with Crippen LogP contribution in [0.3, 0.4) is 0 Å². The van der Waals surface area contributed by atoms with Crippen LogP contribution in [0.15, 0.2) is 42.5 Å². The fourth-order valence-electron chi connectivity index (χ4n) is 1.98. The first-order chi connectivity index (χ1) is 10.0. The van der Waals surface area contributed by atoms with Crippen molar-refractivity contribution in [2.75, 3.05) is 5.32 Å². The van der Waals surface area contributed by atoms with E-state index in [-0.39, 0.29) is 0 Å². The number of nitrogens with two attached hydrogens (primary N) is 1. The van der Waals surface area contributed by atoms with Crippen molar-refractivity contribution in [3.05, 3.63) is 53.7 Å². The number of rotatable bonds is 2. The van der Waals surface area contributed by atoms with Gasteiger partial charge in [0, 0.05) is 0 Å². The molecule has 0 saturated heterocycles. The molecule has 1 unspecified atom stereocenters. The average molecular weight is 281 g/mol. The van der Waals surface area contributed by atoms with Gasteiger partial charge in [0.2, 0.25) is 5.72 Å². The fraction of sp³-hybridized carbons (Fsp3) is 0.125. The van der Waals surface area contributed by atoms with Crippen LogP contribution in [0.25, 0.3) is 12.2 Å². The first kappa shape index (κ1) is 13.3. The van der Waals surface area contributed by atoms with Gasteiger partial charge in [-0.2, -0.15) is 0 Å². The molecule has 1 amide bonds. The molecule has 1 aliphatic rings. The number of anilines is 1. The summed E-state index contributed by atoms with van der Waals surface area (Å²) in [4.78, 5) is 16.1. The van der Waals surface area contributed by atoms with Crippen LogP contribution in [0.5, 0.6) is 5.75 Å². The molecule has 21 heavy (non-hydrogen) atoms. The Bertz CT molecular complexity index is 709. The number of hydrogen-bond acceptors (Lipinski definition) is 4. The Balaban J connectivity index is 1.86. The first-order valence-corrected chi connectivity index (χ1v) is 6.58. The number of pyridine rings is 1. The van der Waals surface area contributed by atoms with E-state index < -0.39 is 11.6 Å². The van der Waals surface area contributed by atoms with Crippen LogP contribution in [0.2, 0.25) is 0 Å². The van der Waals surface area contributed by atoms with Crippen LogP contribution in [-0.4, -0.2) is 16.6 Å². The summed E-state index contributed by atoms with van der Waals surface area (Å²) < 4.78 is 5.43. The molecule has 0 aliphatic carbocycles. The second kappa shape index (κ2) is 5.03. The highest BCUT2D eigenvalue weighted by Crippen LogP contribution is 2.30. The molecule has 1 atom stereocenters. The monoisotopic (exact) mass is 281 g/mol. The van der Waals surface area contributed by atoms with Crippen molar-refractivity contribution in [2.24, 2.45) is 5.73 Å². The summed E-state index contributed by atoms with van der Waals surface area (Å²) in [5, 5.41) is 2.65. The van der Waals surface area contributed by atoms with Crippen molar-refractivity contribution in [2.45, 2.75) is 12.6 Å². The van der Waals surface area contributed by atoms with Crippen molar-refractivity contribution in [3.8, 4) is 5.75 Å². The predicted octanol–water partition coefficient (Wildman–Crippen LogP) is 2.26. The molecule has 3 N–H and O–H groups in total. The normalized spacial score (nSPS) is 20.8. The number of aromatic nitrogens is 1. The lowest BCUT2D eigenvalue weighted by molar-refractivity contribution is -0.130. The topological polar surface area (TPSA) is 77.2 Å². The quantitative estimate of drug-likeness (QED) is 0.885. The summed E-state index contributed by atoms with van der Waals surface area (Å²) >= 11 is 0. The van der Waals surface area contributed by atoms with Gasteiger partial charge in [-0.25, -0.2) is 4.98 Å². The lowest BCUT2D eigenvalue weighted by Crippen LogP contribution is -2.55. The maximum Gasteiger partial charge on any atom is 0.284 e. The number of ether oxygens (including phenoxy) is 1. The number of hydrogen-bond donors (Lipinski definition) is 2. The molecule has 2 aromatic rings. The molecular formula is C16H15N3O2. The number of fused-ring (bicyclic) bond motifs is 1. The van der Waals surface area contributed by atoms with Crippen LogP contribution in [-0.2, 0) is 4.79 Å². The van der Waals surface area contributed by atoms with Gasteiger partial charge in [-0.15, -0.1) is 0 Å². The van der Waals surface area contributed by atoms with Crippen molar-refractivity contribution in [1.82, 2.24) is 4.98 Å². The number of nitrogens with zero attached hydrogens (tertiary/aromatic N) is 1. The van der Waals surface area contributed by atoms with Gasteiger partial charge in [0.25, 0.3) is 5.91 Å². The van der Waals surface area contributed by atoms with Crippen molar-refractivity contribution >= 4 is 23.9 Å². The van der Waals surface area contributed by atoms with E-state index in [1.54, 1.807) is 6.07 Å².